The van der Waals surface area contributed by atoms with Crippen LogP contribution in [0.25, 0.3) is 10.8 Å². The van der Waals surface area contributed by atoms with Crippen LogP contribution in [0.2, 0.25) is 0 Å². The van der Waals surface area contributed by atoms with Gasteiger partial charge in [0.2, 0.25) is 0 Å². The van der Waals surface area contributed by atoms with Gasteiger partial charge in [-0.05, 0) is 41.0 Å². The van der Waals surface area contributed by atoms with Crippen LogP contribution < -0.4 is 10.1 Å². The summed E-state index contributed by atoms with van der Waals surface area (Å²) >= 11 is 0. The van der Waals surface area contributed by atoms with E-state index >= 15 is 0 Å². The number of benzene rings is 3. The van der Waals surface area contributed by atoms with Gasteiger partial charge in [0.15, 0.2) is 0 Å². The maximum absolute atomic E-state index is 5.78. The number of piperazine rings is 1. The Balaban J connectivity index is 1.84. The van der Waals surface area contributed by atoms with Gasteiger partial charge in [-0.25, -0.2) is 0 Å². The third kappa shape index (κ3) is 3.46. The summed E-state index contributed by atoms with van der Waals surface area (Å²) in [5.74, 6) is 0.949. The summed E-state index contributed by atoms with van der Waals surface area (Å²) in [5.41, 5.74) is 2.67. The van der Waals surface area contributed by atoms with Gasteiger partial charge in [-0.1, -0.05) is 54.6 Å². The maximum atomic E-state index is 5.78. The van der Waals surface area contributed by atoms with Crippen LogP contribution in [0.1, 0.15) is 24.1 Å². The van der Waals surface area contributed by atoms with Crippen molar-refractivity contribution in [1.82, 2.24) is 10.2 Å². The monoisotopic (exact) mass is 346 g/mol. The molecular weight excluding hydrogens is 320 g/mol. The van der Waals surface area contributed by atoms with Gasteiger partial charge in [0.05, 0.1) is 12.6 Å². The quantitative estimate of drug-likeness (QED) is 0.748. The highest BCUT2D eigenvalue weighted by Gasteiger charge is 2.25. The van der Waals surface area contributed by atoms with Gasteiger partial charge >= 0.3 is 0 Å². The summed E-state index contributed by atoms with van der Waals surface area (Å²) in [5, 5.41) is 6.11. The van der Waals surface area contributed by atoms with Crippen molar-refractivity contribution in [2.45, 2.75) is 13.0 Å². The molecule has 0 aromatic heterocycles. The lowest BCUT2D eigenvalue weighted by Crippen LogP contribution is -2.45. The van der Waals surface area contributed by atoms with Crippen LogP contribution in [0.3, 0.4) is 0 Å². The Morgan fingerprint density at radius 1 is 0.962 bits per heavy atom. The van der Waals surface area contributed by atoms with Crippen molar-refractivity contribution in [3.63, 3.8) is 0 Å². The molecule has 3 nitrogen and oxygen atoms in total. The summed E-state index contributed by atoms with van der Waals surface area (Å²) < 4.78 is 5.78. The number of hydrogen-bond acceptors (Lipinski definition) is 3. The van der Waals surface area contributed by atoms with Crippen LogP contribution in [0, 0.1) is 0 Å². The number of nitrogens with zero attached hydrogens (tertiary/aromatic N) is 1. The summed E-state index contributed by atoms with van der Waals surface area (Å²) in [6.07, 6.45) is 0. The van der Waals surface area contributed by atoms with E-state index in [2.05, 4.69) is 70.9 Å². The molecule has 1 N–H and O–H groups in total. The van der Waals surface area contributed by atoms with E-state index in [4.69, 9.17) is 4.74 Å². The van der Waals surface area contributed by atoms with E-state index in [1.807, 2.05) is 13.0 Å². The summed E-state index contributed by atoms with van der Waals surface area (Å²) in [6, 6.07) is 24.2. The predicted molar refractivity (Wildman–Crippen MR) is 108 cm³/mol. The lowest BCUT2D eigenvalue weighted by molar-refractivity contribution is 0.199. The van der Waals surface area contributed by atoms with E-state index in [0.717, 1.165) is 31.9 Å². The van der Waals surface area contributed by atoms with Crippen LogP contribution in [-0.2, 0) is 0 Å². The fourth-order valence-corrected chi connectivity index (χ4v) is 3.96. The average Bonchev–Trinajstić information content (AvgIpc) is 2.70. The zero-order valence-electron chi connectivity index (χ0n) is 15.3. The fraction of sp³-hybridized carbons (Fsp3) is 0.304. The first-order valence-electron chi connectivity index (χ1n) is 9.52. The Labute approximate surface area is 155 Å². The minimum Gasteiger partial charge on any atom is -0.494 e. The zero-order chi connectivity index (χ0) is 17.8. The molecular formula is C23H26N2O. The molecule has 1 aliphatic heterocycles. The average molecular weight is 346 g/mol. The molecule has 1 aliphatic rings. The van der Waals surface area contributed by atoms with Crippen molar-refractivity contribution < 1.29 is 4.74 Å². The molecule has 3 aromatic carbocycles. The van der Waals surface area contributed by atoms with Crippen LogP contribution >= 0.6 is 0 Å². The molecule has 3 aromatic rings. The van der Waals surface area contributed by atoms with Crippen molar-refractivity contribution >= 4 is 10.8 Å². The summed E-state index contributed by atoms with van der Waals surface area (Å²) in [7, 11) is 0. The SMILES string of the molecule is CCOc1cccc(C(c2cccc3ccccc23)N2CCNCC2)c1. The molecule has 0 radical (unpaired) electrons. The molecule has 1 heterocycles. The second-order valence-electron chi connectivity index (χ2n) is 6.76. The zero-order valence-corrected chi connectivity index (χ0v) is 15.3. The Hall–Kier alpha value is -2.36. The molecule has 134 valence electrons. The molecule has 1 unspecified atom stereocenters. The predicted octanol–water partition coefficient (Wildman–Crippen LogP) is 4.23. The first-order valence-corrected chi connectivity index (χ1v) is 9.52. The van der Waals surface area contributed by atoms with E-state index in [0.29, 0.717) is 6.61 Å². The lowest BCUT2D eigenvalue weighted by atomic mass is 9.92. The van der Waals surface area contributed by atoms with Crippen LogP contribution in [-0.4, -0.2) is 37.7 Å². The van der Waals surface area contributed by atoms with Gasteiger partial charge in [-0.3, -0.25) is 4.90 Å². The molecule has 1 atom stereocenters. The van der Waals surface area contributed by atoms with Crippen molar-refractivity contribution in [3.8, 4) is 5.75 Å². The van der Waals surface area contributed by atoms with Crippen molar-refractivity contribution in [2.75, 3.05) is 32.8 Å². The van der Waals surface area contributed by atoms with E-state index in [9.17, 15) is 0 Å². The normalized spacial score (nSPS) is 16.5. The van der Waals surface area contributed by atoms with Crippen molar-refractivity contribution in [3.05, 3.63) is 77.9 Å². The molecule has 0 amide bonds. The minimum absolute atomic E-state index is 0.239. The third-order valence-corrected chi connectivity index (χ3v) is 5.12. The van der Waals surface area contributed by atoms with Crippen LogP contribution in [0.5, 0.6) is 5.75 Å². The number of nitrogens with one attached hydrogen (secondary N) is 1. The second-order valence-corrected chi connectivity index (χ2v) is 6.76. The second kappa shape index (κ2) is 7.90. The van der Waals surface area contributed by atoms with Gasteiger partial charge in [0.25, 0.3) is 0 Å². The first kappa shape index (κ1) is 17.1. The summed E-state index contributed by atoms with van der Waals surface area (Å²) in [4.78, 5) is 2.59. The highest BCUT2D eigenvalue weighted by Crippen LogP contribution is 2.35. The number of fused-ring (bicyclic) bond motifs is 1. The minimum atomic E-state index is 0.239. The van der Waals surface area contributed by atoms with Gasteiger partial charge in [0.1, 0.15) is 5.75 Å². The van der Waals surface area contributed by atoms with Gasteiger partial charge in [-0.2, -0.15) is 0 Å². The number of ether oxygens (including phenoxy) is 1. The molecule has 0 bridgehead atoms. The Kier molecular flexibility index (Phi) is 5.19. The molecule has 26 heavy (non-hydrogen) atoms. The third-order valence-electron chi connectivity index (χ3n) is 5.12. The Morgan fingerprint density at radius 3 is 2.58 bits per heavy atom. The lowest BCUT2D eigenvalue weighted by Gasteiger charge is -2.36. The topological polar surface area (TPSA) is 24.5 Å². The molecule has 1 saturated heterocycles. The van der Waals surface area contributed by atoms with Gasteiger partial charge < -0.3 is 10.1 Å². The van der Waals surface area contributed by atoms with E-state index in [-0.39, 0.29) is 6.04 Å². The van der Waals surface area contributed by atoms with E-state index in [1.165, 1.54) is 21.9 Å². The molecule has 1 fully saturated rings. The number of rotatable bonds is 5. The van der Waals surface area contributed by atoms with Crippen LogP contribution in [0.4, 0.5) is 0 Å². The summed E-state index contributed by atoms with van der Waals surface area (Å²) in [6.45, 7) is 6.89. The highest BCUT2D eigenvalue weighted by molar-refractivity contribution is 5.86. The Bertz CT molecular complexity index is 865. The molecule has 0 saturated carbocycles. The van der Waals surface area contributed by atoms with Crippen LogP contribution in [0.15, 0.2) is 66.7 Å². The standard InChI is InChI=1S/C23H26N2O/c1-2-26-20-10-5-9-19(17-20)23(25-15-13-24-14-16-25)22-12-6-8-18-7-3-4-11-21(18)22/h3-12,17,23-24H,2,13-16H2,1H3. The molecule has 4 rings (SSSR count). The molecule has 0 spiro atoms. The smallest absolute Gasteiger partial charge is 0.119 e. The van der Waals surface area contributed by atoms with Crippen molar-refractivity contribution in [2.24, 2.45) is 0 Å². The maximum Gasteiger partial charge on any atom is 0.119 e. The molecule has 0 aliphatic carbocycles. The van der Waals surface area contributed by atoms with E-state index in [1.54, 1.807) is 0 Å². The number of hydrogen-bond donors (Lipinski definition) is 1. The van der Waals surface area contributed by atoms with Crippen molar-refractivity contribution in [1.29, 1.82) is 0 Å². The van der Waals surface area contributed by atoms with Gasteiger partial charge in [-0.15, -0.1) is 0 Å². The van der Waals surface area contributed by atoms with E-state index < -0.39 is 0 Å². The first-order chi connectivity index (χ1) is 12.9. The largest absolute Gasteiger partial charge is 0.494 e. The van der Waals surface area contributed by atoms with Gasteiger partial charge in [0, 0.05) is 26.2 Å². The fourth-order valence-electron chi connectivity index (χ4n) is 3.96. The highest BCUT2D eigenvalue weighted by atomic mass is 16.5. The Morgan fingerprint density at radius 2 is 1.73 bits per heavy atom. The molecule has 3 heteroatoms.